The van der Waals surface area contributed by atoms with Crippen molar-refractivity contribution >= 4 is 50.7 Å². The largest absolute Gasteiger partial charge is 0.495 e. The average molecular weight is 621 g/mol. The number of anilines is 1. The van der Waals surface area contributed by atoms with Crippen LogP contribution >= 0.6 is 23.2 Å². The summed E-state index contributed by atoms with van der Waals surface area (Å²) >= 11 is 12.7. The van der Waals surface area contributed by atoms with Crippen LogP contribution in [0.15, 0.2) is 71.6 Å². The number of carbonyl (C=O) groups excluding carboxylic acids is 2. The molecule has 8 nitrogen and oxygen atoms in total. The molecule has 0 saturated heterocycles. The second-order valence-corrected chi connectivity index (χ2v) is 12.8. The summed E-state index contributed by atoms with van der Waals surface area (Å²) < 4.78 is 34.5. The van der Waals surface area contributed by atoms with E-state index in [-0.39, 0.29) is 39.7 Å². The predicted molar refractivity (Wildman–Crippen MR) is 163 cm³/mol. The van der Waals surface area contributed by atoms with Crippen molar-refractivity contribution in [2.75, 3.05) is 24.5 Å². The number of rotatable bonds is 12. The highest BCUT2D eigenvalue weighted by molar-refractivity contribution is 7.92. The van der Waals surface area contributed by atoms with Gasteiger partial charge in [0.15, 0.2) is 0 Å². The molecule has 220 valence electrons. The second kappa shape index (κ2) is 14.1. The maximum atomic E-state index is 14.1. The van der Waals surface area contributed by atoms with Gasteiger partial charge in [-0.2, -0.15) is 0 Å². The Morgan fingerprint density at radius 1 is 0.976 bits per heavy atom. The summed E-state index contributed by atoms with van der Waals surface area (Å²) in [5.41, 5.74) is 1.57. The summed E-state index contributed by atoms with van der Waals surface area (Å²) in [4.78, 5) is 28.5. The Kier molecular flexibility index (Phi) is 11.1. The summed E-state index contributed by atoms with van der Waals surface area (Å²) in [6.07, 6.45) is 0. The van der Waals surface area contributed by atoms with E-state index in [1.165, 1.54) is 36.3 Å². The molecule has 1 atom stereocenters. The molecule has 1 unspecified atom stereocenters. The number of nitrogens with one attached hydrogen (secondary N) is 1. The van der Waals surface area contributed by atoms with Gasteiger partial charge in [0.25, 0.3) is 10.0 Å². The van der Waals surface area contributed by atoms with Crippen LogP contribution in [-0.4, -0.2) is 51.4 Å². The van der Waals surface area contributed by atoms with E-state index in [1.807, 2.05) is 20.8 Å². The van der Waals surface area contributed by atoms with Gasteiger partial charge < -0.3 is 15.0 Å². The lowest BCUT2D eigenvalue weighted by molar-refractivity contribution is -0.139. The third-order valence-corrected chi connectivity index (χ3v) is 8.83. The topological polar surface area (TPSA) is 96.0 Å². The molecule has 0 saturated carbocycles. The highest BCUT2D eigenvalue weighted by Gasteiger charge is 2.34. The van der Waals surface area contributed by atoms with Crippen molar-refractivity contribution in [3.63, 3.8) is 0 Å². The average Bonchev–Trinajstić information content (AvgIpc) is 2.93. The van der Waals surface area contributed by atoms with Crippen molar-refractivity contribution in [3.8, 4) is 5.75 Å². The minimum Gasteiger partial charge on any atom is -0.495 e. The highest BCUT2D eigenvalue weighted by atomic mass is 35.5. The number of amides is 2. The van der Waals surface area contributed by atoms with Crippen LogP contribution in [0.4, 0.5) is 5.69 Å². The lowest BCUT2D eigenvalue weighted by Gasteiger charge is -2.32. The van der Waals surface area contributed by atoms with E-state index < -0.39 is 28.5 Å². The van der Waals surface area contributed by atoms with Gasteiger partial charge in [0.2, 0.25) is 11.8 Å². The maximum Gasteiger partial charge on any atom is 0.264 e. The minimum absolute atomic E-state index is 0.0140. The van der Waals surface area contributed by atoms with Gasteiger partial charge in [-0.1, -0.05) is 72.9 Å². The number of benzene rings is 3. The lowest BCUT2D eigenvalue weighted by atomic mass is 10.1. The fourth-order valence-electron chi connectivity index (χ4n) is 4.05. The monoisotopic (exact) mass is 619 g/mol. The van der Waals surface area contributed by atoms with E-state index >= 15 is 0 Å². The van der Waals surface area contributed by atoms with E-state index in [4.69, 9.17) is 27.9 Å². The Labute approximate surface area is 252 Å². The quantitative estimate of drug-likeness (QED) is 0.281. The minimum atomic E-state index is -4.28. The molecular formula is C30H35Cl2N3O5S. The van der Waals surface area contributed by atoms with Crippen LogP contribution in [0.25, 0.3) is 0 Å². The van der Waals surface area contributed by atoms with Crippen LogP contribution in [0.1, 0.15) is 31.9 Å². The first-order valence-electron chi connectivity index (χ1n) is 13.1. The van der Waals surface area contributed by atoms with Crippen molar-refractivity contribution in [2.24, 2.45) is 5.92 Å². The molecule has 0 fully saturated rings. The van der Waals surface area contributed by atoms with Gasteiger partial charge in [0.05, 0.1) is 17.7 Å². The van der Waals surface area contributed by atoms with E-state index in [2.05, 4.69) is 5.32 Å². The molecule has 3 aromatic carbocycles. The molecule has 3 aromatic rings. The van der Waals surface area contributed by atoms with Crippen LogP contribution in [0.3, 0.4) is 0 Å². The molecule has 2 amide bonds. The molecular weight excluding hydrogens is 585 g/mol. The zero-order valence-corrected chi connectivity index (χ0v) is 26.1. The van der Waals surface area contributed by atoms with Crippen LogP contribution in [0.2, 0.25) is 10.0 Å². The summed E-state index contributed by atoms with van der Waals surface area (Å²) in [5.74, 6) is -0.579. The normalized spacial score (nSPS) is 12.1. The number of carbonyl (C=O) groups is 2. The smallest absolute Gasteiger partial charge is 0.264 e. The Balaban J connectivity index is 2.09. The first-order valence-corrected chi connectivity index (χ1v) is 15.3. The summed E-state index contributed by atoms with van der Waals surface area (Å²) in [6.45, 7) is 7.15. The SMILES string of the molecule is COc1ccc(Cl)cc1N(CC(=O)N(Cc1ccccc1Cl)C(C)C(=O)NCC(C)C)S(=O)(=O)c1ccc(C)cc1. The molecule has 11 heteroatoms. The van der Waals surface area contributed by atoms with Gasteiger partial charge in [-0.25, -0.2) is 8.42 Å². The predicted octanol–water partition coefficient (Wildman–Crippen LogP) is 5.70. The summed E-state index contributed by atoms with van der Waals surface area (Å²) in [7, 11) is -2.88. The number of methoxy groups -OCH3 is 1. The van der Waals surface area contributed by atoms with E-state index in [9.17, 15) is 18.0 Å². The Morgan fingerprint density at radius 2 is 1.63 bits per heavy atom. The number of sulfonamides is 1. The molecule has 0 aliphatic carbocycles. The van der Waals surface area contributed by atoms with E-state index in [0.717, 1.165) is 9.87 Å². The zero-order valence-electron chi connectivity index (χ0n) is 23.7. The second-order valence-electron chi connectivity index (χ2n) is 10.1. The lowest BCUT2D eigenvalue weighted by Crippen LogP contribution is -2.51. The summed E-state index contributed by atoms with van der Waals surface area (Å²) in [5, 5.41) is 3.53. The zero-order chi connectivity index (χ0) is 30.3. The standard InChI is InChI=1S/C30H35Cl2N3O5S/c1-20(2)17-33-30(37)22(4)34(18-23-8-6-7-9-26(23)32)29(36)19-35(27-16-24(31)12-15-28(27)40-5)41(38,39)25-13-10-21(3)11-14-25/h6-16,20,22H,17-19H2,1-5H3,(H,33,37). The molecule has 41 heavy (non-hydrogen) atoms. The van der Waals surface area contributed by atoms with Crippen molar-refractivity contribution in [1.82, 2.24) is 10.2 Å². The number of nitrogens with zero attached hydrogens (tertiary/aromatic N) is 2. The van der Waals surface area contributed by atoms with E-state index in [1.54, 1.807) is 49.4 Å². The fourth-order valence-corrected chi connectivity index (χ4v) is 5.83. The molecule has 0 spiro atoms. The van der Waals surface area contributed by atoms with Gasteiger partial charge in [0.1, 0.15) is 18.3 Å². The number of aryl methyl sites for hydroxylation is 1. The number of ether oxygens (including phenoxy) is 1. The Bertz CT molecular complexity index is 1480. The third-order valence-electron chi connectivity index (χ3n) is 6.45. The third kappa shape index (κ3) is 8.15. The van der Waals surface area contributed by atoms with Crippen LogP contribution < -0.4 is 14.4 Å². The van der Waals surface area contributed by atoms with Crippen molar-refractivity contribution < 1.29 is 22.7 Å². The van der Waals surface area contributed by atoms with Gasteiger partial charge in [-0.05, 0) is 61.7 Å². The van der Waals surface area contributed by atoms with Crippen LogP contribution in [0, 0.1) is 12.8 Å². The van der Waals surface area contributed by atoms with Gasteiger partial charge in [-0.15, -0.1) is 0 Å². The maximum absolute atomic E-state index is 14.1. The number of hydrogen-bond donors (Lipinski definition) is 1. The van der Waals surface area contributed by atoms with Gasteiger partial charge >= 0.3 is 0 Å². The van der Waals surface area contributed by atoms with Crippen molar-refractivity contribution in [3.05, 3.63) is 87.9 Å². The first kappa shape index (κ1) is 32.2. The molecule has 0 heterocycles. The fraction of sp³-hybridized carbons (Fsp3) is 0.333. The van der Waals surface area contributed by atoms with Crippen LogP contribution in [-0.2, 0) is 26.2 Å². The molecule has 0 aliphatic heterocycles. The van der Waals surface area contributed by atoms with Gasteiger partial charge in [-0.3, -0.25) is 13.9 Å². The molecule has 1 N–H and O–H groups in total. The number of halogens is 2. The van der Waals surface area contributed by atoms with Gasteiger partial charge in [0, 0.05) is 23.1 Å². The Hall–Kier alpha value is -3.27. The van der Waals surface area contributed by atoms with Crippen molar-refractivity contribution in [2.45, 2.75) is 45.2 Å². The molecule has 0 bridgehead atoms. The first-order chi connectivity index (χ1) is 19.3. The van der Waals surface area contributed by atoms with Crippen molar-refractivity contribution in [1.29, 1.82) is 0 Å². The number of hydrogen-bond acceptors (Lipinski definition) is 5. The molecule has 0 aromatic heterocycles. The van der Waals surface area contributed by atoms with E-state index in [0.29, 0.717) is 17.1 Å². The molecule has 0 radical (unpaired) electrons. The summed E-state index contributed by atoms with van der Waals surface area (Å²) in [6, 6.07) is 16.9. The highest BCUT2D eigenvalue weighted by Crippen LogP contribution is 2.35. The Morgan fingerprint density at radius 3 is 2.24 bits per heavy atom. The molecule has 3 rings (SSSR count). The molecule has 0 aliphatic rings. The van der Waals surface area contributed by atoms with Crippen LogP contribution in [0.5, 0.6) is 5.75 Å².